The molecular weight excluding hydrogens is 492 g/mol. The van der Waals surface area contributed by atoms with E-state index in [0.717, 1.165) is 35.5 Å². The highest BCUT2D eigenvalue weighted by Crippen LogP contribution is 2.31. The average molecular weight is 521 g/mol. The number of aromatic hydroxyl groups is 1. The van der Waals surface area contributed by atoms with Gasteiger partial charge in [-0.05, 0) is 49.1 Å². The van der Waals surface area contributed by atoms with Gasteiger partial charge >= 0.3 is 0 Å². The molecule has 2 aliphatic heterocycles. The monoisotopic (exact) mass is 520 g/mol. The van der Waals surface area contributed by atoms with Gasteiger partial charge < -0.3 is 14.8 Å². The number of nitrogens with one attached hydrogen (secondary N) is 1. The average Bonchev–Trinajstić information content (AvgIpc) is 3.18. The van der Waals surface area contributed by atoms with E-state index in [2.05, 4.69) is 43.8 Å². The fourth-order valence-corrected chi connectivity index (χ4v) is 6.73. The number of sulfone groups is 1. The molecule has 37 heavy (non-hydrogen) atoms. The Balaban J connectivity index is 1.15. The first-order chi connectivity index (χ1) is 17.8. The van der Waals surface area contributed by atoms with Crippen molar-refractivity contribution in [2.24, 2.45) is 0 Å². The van der Waals surface area contributed by atoms with Crippen molar-refractivity contribution in [2.45, 2.75) is 31.4 Å². The van der Waals surface area contributed by atoms with Crippen molar-refractivity contribution in [1.29, 1.82) is 0 Å². The lowest BCUT2D eigenvalue weighted by molar-refractivity contribution is -0.0948. The fraction of sp³-hybridized carbons (Fsp3) is 0.370. The van der Waals surface area contributed by atoms with Crippen molar-refractivity contribution >= 4 is 9.84 Å². The number of rotatable bonds is 5. The van der Waals surface area contributed by atoms with Crippen LogP contribution in [0.5, 0.6) is 5.75 Å². The first-order valence-corrected chi connectivity index (χ1v) is 14.0. The van der Waals surface area contributed by atoms with Gasteiger partial charge in [-0.2, -0.15) is 0 Å². The largest absolute Gasteiger partial charge is 0.502 e. The summed E-state index contributed by atoms with van der Waals surface area (Å²) < 4.78 is 29.8. The summed E-state index contributed by atoms with van der Waals surface area (Å²) in [5.74, 6) is 6.27. The van der Waals surface area contributed by atoms with E-state index in [4.69, 9.17) is 4.74 Å². The Morgan fingerprint density at radius 1 is 1.08 bits per heavy atom. The molecule has 2 saturated heterocycles. The predicted molar refractivity (Wildman–Crippen MR) is 138 cm³/mol. The van der Waals surface area contributed by atoms with Gasteiger partial charge in [0.15, 0.2) is 9.84 Å². The molecule has 2 N–H and O–H groups in total. The van der Waals surface area contributed by atoms with Crippen LogP contribution in [-0.2, 0) is 34.0 Å². The van der Waals surface area contributed by atoms with Crippen LogP contribution in [0.1, 0.15) is 34.5 Å². The van der Waals surface area contributed by atoms with Crippen LogP contribution >= 0.6 is 0 Å². The van der Waals surface area contributed by atoms with Crippen LogP contribution < -0.4 is 5.56 Å². The molecule has 1 atom stereocenters. The first kappa shape index (κ1) is 25.1. The third-order valence-corrected chi connectivity index (χ3v) is 8.53. The molecular formula is C27H28N4O5S. The summed E-state index contributed by atoms with van der Waals surface area (Å²) in [4.78, 5) is 24.5. The van der Waals surface area contributed by atoms with E-state index >= 15 is 0 Å². The van der Waals surface area contributed by atoms with Crippen LogP contribution in [0.25, 0.3) is 0 Å². The van der Waals surface area contributed by atoms with Gasteiger partial charge in [-0.15, -0.1) is 0 Å². The van der Waals surface area contributed by atoms with E-state index in [1.165, 1.54) is 6.33 Å². The zero-order valence-electron chi connectivity index (χ0n) is 20.3. The van der Waals surface area contributed by atoms with E-state index < -0.39 is 21.0 Å². The minimum absolute atomic E-state index is 0.121. The molecule has 0 aliphatic carbocycles. The number of H-pyrrole nitrogens is 1. The molecule has 1 spiro atoms. The third kappa shape index (κ3) is 6.25. The quantitative estimate of drug-likeness (QED) is 0.484. The molecule has 0 amide bonds. The Hall–Kier alpha value is -3.52. The second kappa shape index (κ2) is 10.5. The molecule has 4 heterocycles. The summed E-state index contributed by atoms with van der Waals surface area (Å²) in [6.07, 6.45) is 4.51. The van der Waals surface area contributed by atoms with Crippen LogP contribution in [0.3, 0.4) is 0 Å². The van der Waals surface area contributed by atoms with Gasteiger partial charge in [-0.25, -0.2) is 13.4 Å². The highest BCUT2D eigenvalue weighted by molar-refractivity contribution is 7.91. The molecule has 2 aliphatic rings. The Morgan fingerprint density at radius 2 is 1.86 bits per heavy atom. The van der Waals surface area contributed by atoms with E-state index in [0.29, 0.717) is 38.1 Å². The molecule has 10 heteroatoms. The number of ether oxygens (including phenoxy) is 1. The smallest absolute Gasteiger partial charge is 0.293 e. The van der Waals surface area contributed by atoms with Crippen LogP contribution in [0.15, 0.2) is 53.7 Å². The summed E-state index contributed by atoms with van der Waals surface area (Å²) in [5, 5.41) is 9.79. The zero-order chi connectivity index (χ0) is 25.9. The summed E-state index contributed by atoms with van der Waals surface area (Å²) in [7, 11) is -3.00. The van der Waals surface area contributed by atoms with Crippen molar-refractivity contribution in [3.8, 4) is 17.6 Å². The number of nitrogens with zero attached hydrogens (tertiary/aromatic N) is 3. The number of hydrogen-bond donors (Lipinski definition) is 2. The van der Waals surface area contributed by atoms with Crippen LogP contribution in [0.2, 0.25) is 0 Å². The van der Waals surface area contributed by atoms with Crippen molar-refractivity contribution in [3.05, 3.63) is 87.4 Å². The predicted octanol–water partition coefficient (Wildman–Crippen LogP) is 1.45. The maximum Gasteiger partial charge on any atom is 0.293 e. The third-order valence-electron chi connectivity index (χ3n) is 6.74. The summed E-state index contributed by atoms with van der Waals surface area (Å²) in [5.41, 5.74) is 2.89. The summed E-state index contributed by atoms with van der Waals surface area (Å²) in [6.45, 7) is 2.72. The maximum atomic E-state index is 12.0. The van der Waals surface area contributed by atoms with Gasteiger partial charge in [-0.1, -0.05) is 24.0 Å². The van der Waals surface area contributed by atoms with Crippen LogP contribution in [0.4, 0.5) is 0 Å². The first-order valence-electron chi connectivity index (χ1n) is 12.2. The molecule has 2 aromatic heterocycles. The standard InChI is InChI=1S/C27H28N4O5S/c32-25-24(29-19-30-26(25)33)10-9-23-8-7-21(15-28-23)4-1-20-2-5-22(6-3-20)16-31-12-13-36-27(17-31)11-14-37(34,35)18-27/h2-3,5-8,15,19,32H,9-14,16-18H2,(H,29,30,33). The molecule has 0 saturated carbocycles. The van der Waals surface area contributed by atoms with Crippen molar-refractivity contribution in [2.75, 3.05) is 31.2 Å². The Kier molecular flexibility index (Phi) is 7.11. The summed E-state index contributed by atoms with van der Waals surface area (Å²) in [6, 6.07) is 11.9. The second-order valence-electron chi connectivity index (χ2n) is 9.60. The minimum Gasteiger partial charge on any atom is -0.502 e. The van der Waals surface area contributed by atoms with Gasteiger partial charge in [0, 0.05) is 42.7 Å². The van der Waals surface area contributed by atoms with Gasteiger partial charge in [-0.3, -0.25) is 14.7 Å². The fourth-order valence-electron chi connectivity index (χ4n) is 4.78. The van der Waals surface area contributed by atoms with Crippen LogP contribution in [-0.4, -0.2) is 70.2 Å². The summed E-state index contributed by atoms with van der Waals surface area (Å²) >= 11 is 0. The lowest BCUT2D eigenvalue weighted by atomic mass is 10.0. The van der Waals surface area contributed by atoms with E-state index in [1.807, 2.05) is 24.3 Å². The Morgan fingerprint density at radius 3 is 2.59 bits per heavy atom. The number of morpholine rings is 1. The topological polar surface area (TPSA) is 125 Å². The minimum atomic E-state index is -3.00. The molecule has 0 radical (unpaired) electrons. The van der Waals surface area contributed by atoms with E-state index in [-0.39, 0.29) is 17.3 Å². The molecule has 3 aromatic rings. The molecule has 2 fully saturated rings. The molecule has 192 valence electrons. The number of aryl methyl sites for hydroxylation is 2. The number of hydrogen-bond acceptors (Lipinski definition) is 8. The Bertz CT molecular complexity index is 1490. The SMILES string of the molecule is O=c1[nH]cnc(CCc2ccc(C#Cc3ccc(CN4CCOC5(CCS(=O)(=O)C5)C4)cc3)cn2)c1O. The van der Waals surface area contributed by atoms with Gasteiger partial charge in [0.25, 0.3) is 5.56 Å². The molecule has 1 unspecified atom stereocenters. The number of pyridine rings is 1. The molecule has 5 rings (SSSR count). The highest BCUT2D eigenvalue weighted by Gasteiger charge is 2.46. The molecule has 9 nitrogen and oxygen atoms in total. The maximum absolute atomic E-state index is 12.0. The number of aromatic nitrogens is 3. The van der Waals surface area contributed by atoms with Gasteiger partial charge in [0.2, 0.25) is 5.75 Å². The zero-order valence-corrected chi connectivity index (χ0v) is 21.1. The van der Waals surface area contributed by atoms with Gasteiger partial charge in [0.1, 0.15) is 0 Å². The lowest BCUT2D eigenvalue weighted by Gasteiger charge is -2.39. The van der Waals surface area contributed by atoms with Gasteiger partial charge in [0.05, 0.1) is 35.7 Å². The number of benzene rings is 1. The van der Waals surface area contributed by atoms with Crippen molar-refractivity contribution < 1.29 is 18.3 Å². The Labute approximate surface area is 215 Å². The highest BCUT2D eigenvalue weighted by atomic mass is 32.2. The lowest BCUT2D eigenvalue weighted by Crippen LogP contribution is -2.52. The number of aromatic amines is 1. The normalized spacial score (nSPS) is 21.0. The van der Waals surface area contributed by atoms with Crippen LogP contribution in [0, 0.1) is 11.8 Å². The van der Waals surface area contributed by atoms with Crippen molar-refractivity contribution in [1.82, 2.24) is 19.9 Å². The van der Waals surface area contributed by atoms with Crippen molar-refractivity contribution in [3.63, 3.8) is 0 Å². The van der Waals surface area contributed by atoms with E-state index in [9.17, 15) is 18.3 Å². The molecule has 0 bridgehead atoms. The molecule has 1 aromatic carbocycles. The van der Waals surface area contributed by atoms with E-state index in [1.54, 1.807) is 6.20 Å². The second-order valence-corrected chi connectivity index (χ2v) is 11.8.